The molecular weight excluding hydrogens is 797 g/mol. The second kappa shape index (κ2) is 19.8. The van der Waals surface area contributed by atoms with E-state index in [1.807, 2.05) is 78.0 Å². The van der Waals surface area contributed by atoms with Crippen molar-refractivity contribution in [2.24, 2.45) is 17.8 Å². The molecule has 2 aliphatic rings. The normalized spacial score (nSPS) is 25.3. The zero-order valence-electron chi connectivity index (χ0n) is 39.7. The third-order valence-corrected chi connectivity index (χ3v) is 16.1. The number of rotatable bonds is 18. The number of Topliss-reactive ketones (excluding diaryl/α,β-unsaturated/α-hetero) is 1. The predicted octanol–water partition coefficient (Wildman–Crippen LogP) is 9.18. The minimum Gasteiger partial charge on any atom is -0.458 e. The minimum absolute atomic E-state index is 0.00831. The Morgan fingerprint density at radius 3 is 2.03 bits per heavy atom. The molecule has 2 fully saturated rings. The lowest BCUT2D eigenvalue weighted by Crippen LogP contribution is -2.66. The molecule has 0 saturated carbocycles. The Labute approximate surface area is 365 Å². The van der Waals surface area contributed by atoms with Gasteiger partial charge in [-0.2, -0.15) is 0 Å². The van der Waals surface area contributed by atoms with E-state index in [2.05, 4.69) is 20.4 Å². The first-order valence-corrected chi connectivity index (χ1v) is 24.6. The third-order valence-electron chi connectivity index (χ3n) is 11.6. The van der Waals surface area contributed by atoms with Crippen LogP contribution in [-0.2, 0) is 63.2 Å². The van der Waals surface area contributed by atoms with E-state index in [0.717, 1.165) is 18.4 Å². The van der Waals surface area contributed by atoms with Crippen molar-refractivity contribution in [2.75, 3.05) is 0 Å². The molecule has 0 N–H and O–H groups in total. The summed E-state index contributed by atoms with van der Waals surface area (Å²) in [7, 11) is -2.95. The summed E-state index contributed by atoms with van der Waals surface area (Å²) in [5, 5.41) is -0.449. The molecule has 342 valence electrons. The third kappa shape index (κ3) is 13.2. The molecule has 12 nitrogen and oxygen atoms in total. The fraction of sp³-hybridized carbons (Fsp3) is 0.688. The number of ether oxygens (including phenoxy) is 6. The lowest BCUT2D eigenvalue weighted by molar-refractivity contribution is -0.309. The molecule has 9 atom stereocenters. The van der Waals surface area contributed by atoms with Crippen LogP contribution in [0.15, 0.2) is 54.6 Å². The van der Waals surface area contributed by atoms with Crippen LogP contribution in [-0.4, -0.2) is 85.0 Å². The topological polar surface area (TPSA) is 150 Å². The fourth-order valence-corrected chi connectivity index (χ4v) is 8.66. The van der Waals surface area contributed by atoms with Crippen molar-refractivity contribution in [1.82, 2.24) is 0 Å². The van der Waals surface area contributed by atoms with Gasteiger partial charge in [0, 0.05) is 25.3 Å². The number of allylic oxidation sites excluding steroid dienone is 1. The Balaban J connectivity index is 2.31. The Morgan fingerprint density at radius 2 is 1.51 bits per heavy atom. The molecule has 2 aliphatic heterocycles. The first-order chi connectivity index (χ1) is 27.9. The number of hydrogen-bond acceptors (Lipinski definition) is 12. The van der Waals surface area contributed by atoms with Crippen LogP contribution in [0.5, 0.6) is 0 Å². The number of esters is 4. The summed E-state index contributed by atoms with van der Waals surface area (Å²) >= 11 is 0. The van der Waals surface area contributed by atoms with Crippen molar-refractivity contribution in [3.05, 3.63) is 60.2 Å². The number of hydrogen-bond donors (Lipinski definition) is 0. The van der Waals surface area contributed by atoms with Crippen molar-refractivity contribution in [2.45, 2.75) is 194 Å². The van der Waals surface area contributed by atoms with Gasteiger partial charge in [-0.15, -0.1) is 0 Å². The van der Waals surface area contributed by atoms with Gasteiger partial charge in [-0.3, -0.25) is 9.59 Å². The summed E-state index contributed by atoms with van der Waals surface area (Å²) in [4.78, 5) is 70.6. The van der Waals surface area contributed by atoms with Gasteiger partial charge in [0.25, 0.3) is 5.60 Å². The molecule has 2 saturated heterocycles. The molecule has 0 amide bonds. The van der Waals surface area contributed by atoms with Crippen molar-refractivity contribution < 1.29 is 56.8 Å². The smallest absolute Gasteiger partial charge is 0.351 e. The monoisotopic (exact) mass is 870 g/mol. The number of carbonyl (C=O) groups excluding carboxylic acids is 5. The second-order valence-corrected chi connectivity index (χ2v) is 25.4. The summed E-state index contributed by atoms with van der Waals surface area (Å²) in [5.74, 6) is -6.66. The Bertz CT molecular complexity index is 1770. The zero-order valence-corrected chi connectivity index (χ0v) is 40.7. The van der Waals surface area contributed by atoms with Crippen LogP contribution in [0.1, 0.15) is 128 Å². The predicted molar refractivity (Wildman–Crippen MR) is 236 cm³/mol. The van der Waals surface area contributed by atoms with Crippen molar-refractivity contribution in [3.63, 3.8) is 0 Å². The molecule has 0 aliphatic carbocycles. The molecule has 1 aromatic rings. The molecule has 2 bridgehead atoms. The van der Waals surface area contributed by atoms with Crippen LogP contribution in [0.3, 0.4) is 0 Å². The van der Waals surface area contributed by atoms with Crippen molar-refractivity contribution in [1.29, 1.82) is 0 Å². The molecule has 61 heavy (non-hydrogen) atoms. The van der Waals surface area contributed by atoms with Gasteiger partial charge in [-0.25, -0.2) is 14.4 Å². The first kappa shape index (κ1) is 51.7. The summed E-state index contributed by atoms with van der Waals surface area (Å²) < 4.78 is 44.2. The van der Waals surface area contributed by atoms with Crippen LogP contribution >= 0.6 is 0 Å². The van der Waals surface area contributed by atoms with Crippen molar-refractivity contribution >= 4 is 38.0 Å². The highest BCUT2D eigenvalue weighted by Crippen LogP contribution is 2.54. The zero-order chi connectivity index (χ0) is 46.5. The molecule has 2 heterocycles. The lowest BCUT2D eigenvalue weighted by Gasteiger charge is -2.45. The number of ketones is 1. The average molecular weight is 871 g/mol. The molecular formula is C48H74O12Si. The highest BCUT2D eigenvalue weighted by Gasteiger charge is 2.79. The fourth-order valence-electron chi connectivity index (χ4n) is 7.37. The van der Waals surface area contributed by atoms with Crippen molar-refractivity contribution in [3.8, 4) is 0 Å². The molecule has 1 aromatic carbocycles. The van der Waals surface area contributed by atoms with Gasteiger partial charge in [-0.05, 0) is 102 Å². The Kier molecular flexibility index (Phi) is 16.8. The highest BCUT2D eigenvalue weighted by atomic mass is 28.4. The van der Waals surface area contributed by atoms with Gasteiger partial charge in [0.15, 0.2) is 14.4 Å². The van der Waals surface area contributed by atoms with Crippen LogP contribution in [0.25, 0.3) is 0 Å². The molecule has 3 rings (SSSR count). The Morgan fingerprint density at radius 1 is 0.918 bits per heavy atom. The van der Waals surface area contributed by atoms with Gasteiger partial charge in [0.05, 0.1) is 0 Å². The second-order valence-electron chi connectivity index (χ2n) is 20.6. The Hall–Kier alpha value is -3.65. The summed E-state index contributed by atoms with van der Waals surface area (Å²) in [6.07, 6.45) is -0.790. The number of carbonyl (C=O) groups is 5. The first-order valence-electron chi connectivity index (χ1n) is 21.7. The van der Waals surface area contributed by atoms with Crippen LogP contribution < -0.4 is 0 Å². The maximum Gasteiger partial charge on any atom is 0.351 e. The summed E-state index contributed by atoms with van der Waals surface area (Å²) in [6.45, 7) is 33.6. The van der Waals surface area contributed by atoms with E-state index in [4.69, 9.17) is 32.8 Å². The lowest BCUT2D eigenvalue weighted by atomic mass is 9.86. The van der Waals surface area contributed by atoms with Crippen LogP contribution in [0, 0.1) is 17.8 Å². The SMILES string of the molecule is C=C(CC[C@]12O[C@H](C(=O)OC(C)(C)C)C(=O)[C@](C(=O)OC(C)(C)C)(O1)[C@H](OC(=O)/C=C/C(C)CC(C)CC)[C@H]2O[Si](C)(C)C(C)(C)C)C(OC(C)=O)C(C)Cc1ccccc1. The van der Waals surface area contributed by atoms with E-state index in [-0.39, 0.29) is 24.7 Å². The highest BCUT2D eigenvalue weighted by molar-refractivity contribution is 6.74. The average Bonchev–Trinajstić information content (AvgIpc) is 3.33. The standard InChI is InChI=1S/C48H74O12Si/c1-18-30(2)28-31(3)24-25-36(50)55-41-40(59-61(16,17)46(13,14)15)47(27-26-32(4)37(54-34(6)49)33(5)29-35-22-20-19-21-23-35)56-38(42(52)57-44(7,8)9)39(51)48(41,60-47)43(53)58-45(10,11)12/h19-25,30-31,33,37-38,40-41H,4,18,26-29H2,1-3,5-17H3/b25-24+/t30?,31?,33?,37?,38-,40+,41+,47-,48-/m0/s1. The minimum atomic E-state index is -2.95. The van der Waals surface area contributed by atoms with E-state index in [1.165, 1.54) is 13.0 Å². The molecule has 0 spiro atoms. The molecule has 0 radical (unpaired) electrons. The van der Waals surface area contributed by atoms with Gasteiger partial charge in [0.2, 0.25) is 17.7 Å². The quantitative estimate of drug-likeness (QED) is 0.0346. The summed E-state index contributed by atoms with van der Waals surface area (Å²) in [5.41, 5.74) is -3.44. The molecule has 13 heteroatoms. The van der Waals surface area contributed by atoms with E-state index in [9.17, 15) is 19.2 Å². The maximum absolute atomic E-state index is 15.1. The molecule has 4 unspecified atom stereocenters. The largest absolute Gasteiger partial charge is 0.458 e. The van der Waals surface area contributed by atoms with Gasteiger partial charge < -0.3 is 32.8 Å². The number of benzene rings is 1. The number of fused-ring (bicyclic) bond motifs is 2. The van der Waals surface area contributed by atoms with Gasteiger partial charge in [0.1, 0.15) is 23.4 Å². The molecule has 0 aromatic heterocycles. The van der Waals surface area contributed by atoms with Crippen LogP contribution in [0.2, 0.25) is 18.1 Å². The van der Waals surface area contributed by atoms with Gasteiger partial charge >= 0.3 is 23.9 Å². The van der Waals surface area contributed by atoms with Crippen LogP contribution in [0.4, 0.5) is 0 Å². The maximum atomic E-state index is 15.1. The van der Waals surface area contributed by atoms with Gasteiger partial charge in [-0.1, -0.05) is 97.9 Å². The summed E-state index contributed by atoms with van der Waals surface area (Å²) in [6, 6.07) is 9.76. The van der Waals surface area contributed by atoms with E-state index < -0.39 is 90.0 Å². The van der Waals surface area contributed by atoms with E-state index in [0.29, 0.717) is 17.9 Å². The van der Waals surface area contributed by atoms with E-state index >= 15 is 4.79 Å². The van der Waals surface area contributed by atoms with E-state index in [1.54, 1.807) is 47.6 Å².